The van der Waals surface area contributed by atoms with E-state index in [0.29, 0.717) is 11.4 Å². The van der Waals surface area contributed by atoms with E-state index in [0.717, 1.165) is 0 Å². The molecular weight excluding hydrogens is 554 g/mol. The van der Waals surface area contributed by atoms with E-state index in [1.807, 2.05) is 0 Å². The molecule has 0 bridgehead atoms. The third-order valence-corrected chi connectivity index (χ3v) is 7.63. The Balaban J connectivity index is 1.46. The predicted octanol–water partition coefficient (Wildman–Crippen LogP) is 4.20. The van der Waals surface area contributed by atoms with Crippen LogP contribution in [-0.2, 0) is 9.47 Å². The summed E-state index contributed by atoms with van der Waals surface area (Å²) in [4.78, 5) is 37.0. The lowest BCUT2D eigenvalue weighted by Gasteiger charge is -2.39. The molecule has 2 unspecified atom stereocenters. The molecule has 228 valence electrons. The number of ether oxygens (including phenoxy) is 2. The Morgan fingerprint density at radius 2 is 1.98 bits per heavy atom. The monoisotopic (exact) mass is 593 g/mol. The average Bonchev–Trinajstić information content (AvgIpc) is 3.55. The van der Waals surface area contributed by atoms with Gasteiger partial charge >= 0.3 is 6.09 Å². The number of carbonyl (C=O) groups is 2. The summed E-state index contributed by atoms with van der Waals surface area (Å²) in [5.74, 6) is -3.61. The molecule has 3 aromatic heterocycles. The van der Waals surface area contributed by atoms with Gasteiger partial charge in [-0.15, -0.1) is 0 Å². The molecule has 2 amide bonds. The molecule has 1 saturated carbocycles. The zero-order valence-electron chi connectivity index (χ0n) is 26.8. The second-order valence-corrected chi connectivity index (χ2v) is 11.9. The fraction of sp³-hybridized carbons (Fsp3) is 0.667. The first kappa shape index (κ1) is 25.9. The molecule has 2 fully saturated rings. The Kier molecular flexibility index (Phi) is 7.10. The highest BCUT2D eigenvalue weighted by Crippen LogP contribution is 2.41. The molecule has 5 rings (SSSR count). The number of amides is 2. The van der Waals surface area contributed by atoms with Gasteiger partial charge in [-0.1, -0.05) is 5.16 Å². The first-order chi connectivity index (χ1) is 21.0. The molecule has 1 N–H and O–H groups in total. The molecule has 1 saturated heterocycles. The predicted molar refractivity (Wildman–Crippen MR) is 143 cm³/mol. The number of imidazole rings is 1. The minimum absolute atomic E-state index is 0.0307. The van der Waals surface area contributed by atoms with Gasteiger partial charge in [-0.2, -0.15) is 5.10 Å². The maximum Gasteiger partial charge on any atom is 0.410 e. The largest absolute Gasteiger partial charge is 0.444 e. The van der Waals surface area contributed by atoms with Gasteiger partial charge < -0.3 is 14.8 Å². The molecule has 1 aliphatic heterocycles. The molecule has 3 atom stereocenters. The van der Waals surface area contributed by atoms with E-state index >= 15 is 0 Å². The van der Waals surface area contributed by atoms with E-state index in [1.54, 1.807) is 33.9 Å². The number of rotatable bonds is 6. The molecule has 0 radical (unpaired) electrons. The van der Waals surface area contributed by atoms with Crippen molar-refractivity contribution in [3.8, 4) is 0 Å². The highest BCUT2D eigenvalue weighted by Gasteiger charge is 2.40. The highest BCUT2D eigenvalue weighted by molar-refractivity contribution is 5.93. The van der Waals surface area contributed by atoms with Crippen molar-refractivity contribution < 1.29 is 36.6 Å². The molecule has 0 spiro atoms. The average molecular weight is 594 g/mol. The lowest BCUT2D eigenvalue weighted by Crippen LogP contribution is -2.45. The normalized spacial score (nSPS) is 23.6. The first-order valence-electron chi connectivity index (χ1n) is 15.4. The van der Waals surface area contributed by atoms with Crippen molar-refractivity contribution in [2.75, 3.05) is 13.6 Å². The molecule has 4 heterocycles. The van der Waals surface area contributed by atoms with Crippen LogP contribution in [0.5, 0.6) is 0 Å². The number of aryl methyl sites for hydroxylation is 1. The van der Waals surface area contributed by atoms with Crippen LogP contribution in [0.1, 0.15) is 103 Å². The lowest BCUT2D eigenvalue weighted by molar-refractivity contribution is -0.0495. The summed E-state index contributed by atoms with van der Waals surface area (Å²) in [5, 5.41) is 14.6. The number of methoxy groups -OCH3 is 1. The van der Waals surface area contributed by atoms with Gasteiger partial charge in [-0.05, 0) is 64.5 Å². The second-order valence-electron chi connectivity index (χ2n) is 11.9. The number of hydrogen-bond acceptors (Lipinski definition) is 10. The van der Waals surface area contributed by atoms with E-state index in [4.69, 9.17) is 13.6 Å². The fourth-order valence-electron chi connectivity index (χ4n) is 5.45. The third-order valence-electron chi connectivity index (χ3n) is 7.63. The van der Waals surface area contributed by atoms with Crippen molar-refractivity contribution in [2.24, 2.45) is 5.92 Å². The van der Waals surface area contributed by atoms with Crippen LogP contribution in [0.2, 0.25) is 0 Å². The number of carbonyl (C=O) groups excluding carboxylic acids is 2. The second kappa shape index (κ2) is 11.5. The number of halogens is 2. The van der Waals surface area contributed by atoms with Crippen LogP contribution in [0.4, 0.5) is 13.6 Å². The Labute approximate surface area is 245 Å². The van der Waals surface area contributed by atoms with Crippen LogP contribution in [0.25, 0.3) is 5.78 Å². The minimum Gasteiger partial charge on any atom is -0.444 e. The van der Waals surface area contributed by atoms with Crippen molar-refractivity contribution in [1.82, 2.24) is 40.1 Å². The topological polar surface area (TPSA) is 150 Å². The Morgan fingerprint density at radius 3 is 2.64 bits per heavy atom. The molecule has 42 heavy (non-hydrogen) atoms. The number of alkyl halides is 2. The van der Waals surface area contributed by atoms with Gasteiger partial charge in [0.25, 0.3) is 11.7 Å². The minimum atomic E-state index is -2.78. The molecule has 1 aliphatic carbocycles. The van der Waals surface area contributed by atoms with Crippen LogP contribution in [0.3, 0.4) is 0 Å². The molecule has 15 heteroatoms. The van der Waals surface area contributed by atoms with Crippen molar-refractivity contribution in [1.29, 1.82) is 0 Å². The molecule has 3 aromatic rings. The lowest BCUT2D eigenvalue weighted by atomic mass is 9.81. The number of aromatic nitrogens is 6. The van der Waals surface area contributed by atoms with Crippen molar-refractivity contribution in [3.05, 3.63) is 35.2 Å². The summed E-state index contributed by atoms with van der Waals surface area (Å²) < 4.78 is 67.6. The van der Waals surface area contributed by atoms with E-state index in [-0.39, 0.29) is 68.2 Å². The molecule has 2 aliphatic rings. The van der Waals surface area contributed by atoms with E-state index < -0.39 is 48.7 Å². The van der Waals surface area contributed by atoms with Crippen molar-refractivity contribution in [2.45, 2.75) is 95.9 Å². The number of nitrogens with one attached hydrogen (secondary N) is 1. The summed E-state index contributed by atoms with van der Waals surface area (Å²) in [7, 11) is -2.62. The summed E-state index contributed by atoms with van der Waals surface area (Å²) in [6.07, 6.45) is 1.75. The Hall–Kier alpha value is -3.75. The van der Waals surface area contributed by atoms with Gasteiger partial charge in [0.15, 0.2) is 5.69 Å². The SMILES string of the molecule is [2H]C([2H])([2H])OC1CCN(C(=O)OC(C)(C)C)C(c2cnn3cc([C@@H](NC(=O)c4nonc4C)C4CCC(F)(F)CC4)nc3n2)C1. The van der Waals surface area contributed by atoms with Gasteiger partial charge in [-0.3, -0.25) is 9.69 Å². The first-order valence-corrected chi connectivity index (χ1v) is 13.9. The maximum atomic E-state index is 14.0. The summed E-state index contributed by atoms with van der Waals surface area (Å²) in [6.45, 7) is 6.94. The molecule has 13 nitrogen and oxygen atoms in total. The van der Waals surface area contributed by atoms with Gasteiger partial charge in [0.1, 0.15) is 11.3 Å². The molecule has 0 aromatic carbocycles. The van der Waals surface area contributed by atoms with Gasteiger partial charge in [0.2, 0.25) is 5.92 Å². The Morgan fingerprint density at radius 1 is 1.21 bits per heavy atom. The van der Waals surface area contributed by atoms with E-state index in [2.05, 4.69) is 35.3 Å². The summed E-state index contributed by atoms with van der Waals surface area (Å²) in [6, 6.07) is -1.51. The van der Waals surface area contributed by atoms with Gasteiger partial charge in [0, 0.05) is 26.4 Å². The quantitative estimate of drug-likeness (QED) is 0.441. The maximum absolute atomic E-state index is 14.0. The van der Waals surface area contributed by atoms with Crippen LogP contribution in [-0.4, -0.2) is 78.0 Å². The van der Waals surface area contributed by atoms with Crippen LogP contribution < -0.4 is 5.32 Å². The van der Waals surface area contributed by atoms with Crippen molar-refractivity contribution in [3.63, 3.8) is 0 Å². The van der Waals surface area contributed by atoms with E-state index in [1.165, 1.54) is 15.6 Å². The summed E-state index contributed by atoms with van der Waals surface area (Å²) >= 11 is 0. The number of likely N-dealkylation sites (tertiary alicyclic amines) is 1. The van der Waals surface area contributed by atoms with Gasteiger partial charge in [-0.25, -0.2) is 32.7 Å². The van der Waals surface area contributed by atoms with Gasteiger partial charge in [0.05, 0.1) is 46.1 Å². The van der Waals surface area contributed by atoms with Crippen LogP contribution in [0.15, 0.2) is 17.0 Å². The van der Waals surface area contributed by atoms with E-state index in [9.17, 15) is 18.4 Å². The molecular formula is C27H36F2N8O5. The third kappa shape index (κ3) is 6.50. The number of piperidine rings is 1. The highest BCUT2D eigenvalue weighted by atomic mass is 19.3. The fourth-order valence-corrected chi connectivity index (χ4v) is 5.45. The van der Waals surface area contributed by atoms with Crippen LogP contribution >= 0.6 is 0 Å². The summed E-state index contributed by atoms with van der Waals surface area (Å²) in [5.41, 5.74) is 0.140. The zero-order valence-corrected chi connectivity index (χ0v) is 23.8. The standard InChI is InChI=1S/C27H36F2N8O5/c1-15-21(35-42-34-15)23(38)33-22(16-6-9-27(28,29)10-7-16)19-14-37-24(32-19)31-18(13-30-37)20-12-17(40-5)8-11-36(20)25(39)41-26(2,3)4/h13-14,16-17,20,22H,6-12H2,1-5H3,(H,33,38)/t17?,20?,22-/m0/s1/i5D3. The number of hydrogen-bond donors (Lipinski definition) is 1. The Bertz CT molecular complexity index is 1530. The number of fused-ring (bicyclic) bond motifs is 1. The van der Waals surface area contributed by atoms with Crippen LogP contribution in [0, 0.1) is 12.8 Å². The van der Waals surface area contributed by atoms with Crippen molar-refractivity contribution >= 4 is 17.8 Å². The smallest absolute Gasteiger partial charge is 0.410 e. The zero-order chi connectivity index (χ0) is 32.7. The number of nitrogens with zero attached hydrogens (tertiary/aromatic N) is 7.